The zero-order valence-electron chi connectivity index (χ0n) is 76.1. The molecule has 13 aromatic carbocycles. The third kappa shape index (κ3) is 23.8. The molecule has 0 aliphatic heterocycles. The van der Waals surface area contributed by atoms with E-state index in [0.717, 1.165) is 58.4 Å². The number of para-hydroxylation sites is 4. The predicted octanol–water partition coefficient (Wildman–Crippen LogP) is 23.0. The fourth-order valence-electron chi connectivity index (χ4n) is 14.9. The van der Waals surface area contributed by atoms with Crippen LogP contribution >= 0.6 is 0 Å². The van der Waals surface area contributed by atoms with Gasteiger partial charge in [0.2, 0.25) is 0 Å². The number of hydrogen-bond acceptors (Lipinski definition) is 19. The van der Waals surface area contributed by atoms with Crippen molar-refractivity contribution < 1.29 is 97.7 Å². The van der Waals surface area contributed by atoms with E-state index in [4.69, 9.17) is 67.8 Å². The number of carbonyl (C=O) groups is 4. The standard InChI is InChI=1S/C108H100F6N8O14/c1-69(2)57-127-103(123)89-53-85(45-49-93(89)111)133-65-107(63-131-83-41-33-75(109)34-42-83,66-134-86-46-50-94(112)90(54-86)104(124)128-58-70(3)4)61-119-115-99-97(73-29-37-81(38-30-73)121(77-21-13-9-14-22-77)78-23-15-10-16-24-78)101-102(98(100(99)116-119)74-31-39-82(40-32-74)122(79-25-17-11-18-26-79)80-27-19-12-20-28-80)118-120(117-101)62-108(64-132-84-43-35-76(110)36-44-84,67-135-87-47-51-95(113)91(55-87)105(125)129-59-71(5)6)68-136-88-48-52-96(114)92(56-88)106(126)130-60-72(7)8/h9-56,69-72H,57-68H2,1-8H3. The Bertz CT molecular complexity index is 5960. The van der Waals surface area contributed by atoms with Gasteiger partial charge in [0.05, 0.1) is 60.6 Å². The lowest BCUT2D eigenvalue weighted by Crippen LogP contribution is -2.55. The average Bonchev–Trinajstić information content (AvgIpc) is 1.56. The first-order chi connectivity index (χ1) is 65.7. The van der Waals surface area contributed by atoms with Crippen molar-refractivity contribution in [1.82, 2.24) is 25.2 Å². The van der Waals surface area contributed by atoms with Crippen molar-refractivity contribution in [3.63, 3.8) is 0 Å². The number of anilines is 6. The van der Waals surface area contributed by atoms with E-state index in [1.54, 1.807) is 0 Å². The quantitative estimate of drug-likeness (QED) is 0.0150. The second kappa shape index (κ2) is 43.5. The van der Waals surface area contributed by atoms with Crippen LogP contribution in [-0.2, 0) is 32.0 Å². The lowest BCUT2D eigenvalue weighted by Gasteiger charge is -2.33. The van der Waals surface area contributed by atoms with E-state index in [0.29, 0.717) is 22.3 Å². The summed E-state index contributed by atoms with van der Waals surface area (Å²) >= 11 is 0. The lowest BCUT2D eigenvalue weighted by atomic mass is 9.91. The molecular weight excluding hydrogens is 1750 g/mol. The second-order valence-electron chi connectivity index (χ2n) is 34.9. The number of esters is 4. The molecule has 0 atom stereocenters. The number of nitrogens with zero attached hydrogens (tertiary/aromatic N) is 8. The van der Waals surface area contributed by atoms with E-state index in [1.165, 1.54) is 107 Å². The molecule has 0 unspecified atom stereocenters. The van der Waals surface area contributed by atoms with Gasteiger partial charge < -0.3 is 57.2 Å². The highest BCUT2D eigenvalue weighted by atomic mass is 19.1. The average molecular weight is 1850 g/mol. The van der Waals surface area contributed by atoms with Crippen LogP contribution in [0, 0.1) is 69.4 Å². The summed E-state index contributed by atoms with van der Waals surface area (Å²) in [6.45, 7) is 11.4. The maximum atomic E-state index is 16.0. The molecule has 0 fully saturated rings. The first kappa shape index (κ1) is 95.1. The van der Waals surface area contributed by atoms with Crippen LogP contribution in [0.15, 0.2) is 291 Å². The van der Waals surface area contributed by atoms with E-state index >= 15 is 17.6 Å². The number of aromatic nitrogens is 6. The highest BCUT2D eigenvalue weighted by Gasteiger charge is 2.42. The van der Waals surface area contributed by atoms with Gasteiger partial charge in [0.25, 0.3) is 0 Å². The van der Waals surface area contributed by atoms with Gasteiger partial charge in [0.15, 0.2) is 6.54 Å². The predicted molar refractivity (Wildman–Crippen MR) is 503 cm³/mol. The Hall–Kier alpha value is -15.5. The van der Waals surface area contributed by atoms with Crippen LogP contribution in [0.3, 0.4) is 0 Å². The summed E-state index contributed by atoms with van der Waals surface area (Å²) in [7, 11) is 0. The molecule has 2 aromatic heterocycles. The van der Waals surface area contributed by atoms with Crippen LogP contribution < -0.4 is 48.1 Å². The molecule has 698 valence electrons. The highest BCUT2D eigenvalue weighted by molar-refractivity contribution is 6.16. The van der Waals surface area contributed by atoms with Crippen molar-refractivity contribution in [2.75, 3.05) is 75.9 Å². The SMILES string of the molecule is CC(C)COC(=O)c1cc(OCC(COc2ccc(F)cc2)(COc2ccc(F)c(C(=O)OCC(C)C)c2)Cn2nc3c(-c4ccc(N(c5ccccc5)c5ccccc5)cc4)c4n[n+](CC(COc5ccc(F)cc5)(COc5ccc(F)c(C(=O)OCC(C)C)c5)COc5ccc(F)c(C(=O)OCC(C)C)c5)[n-]c4c(-c4ccc(N(c5ccccc5)c5ccccc5)cc4)c3n2)ccc1F. The van der Waals surface area contributed by atoms with Crippen molar-refractivity contribution in [3.05, 3.63) is 348 Å². The van der Waals surface area contributed by atoms with Gasteiger partial charge in [-0.25, -0.2) is 45.5 Å². The smallest absolute Gasteiger partial charge is 0.341 e. The minimum absolute atomic E-state index is 0.00645. The largest absolute Gasteiger partial charge is 0.493 e. The molecule has 0 N–H and O–H groups in total. The van der Waals surface area contributed by atoms with Gasteiger partial charge in [-0.1, -0.05) is 152 Å². The number of hydrogen-bond donors (Lipinski definition) is 0. The maximum Gasteiger partial charge on any atom is 0.341 e. The Kier molecular flexibility index (Phi) is 30.4. The number of benzene rings is 13. The fourth-order valence-corrected chi connectivity index (χ4v) is 14.9. The molecule has 15 rings (SSSR count). The number of rotatable bonds is 42. The molecule has 0 radical (unpaired) electrons. The minimum Gasteiger partial charge on any atom is -0.493 e. The topological polar surface area (TPSA) is 229 Å². The van der Waals surface area contributed by atoms with Gasteiger partial charge in [-0.15, -0.1) is 0 Å². The first-order valence-electron chi connectivity index (χ1n) is 44.5. The van der Waals surface area contributed by atoms with Crippen molar-refractivity contribution in [2.24, 2.45) is 34.5 Å². The van der Waals surface area contributed by atoms with Crippen LogP contribution in [0.5, 0.6) is 34.5 Å². The van der Waals surface area contributed by atoms with Crippen LogP contribution in [0.4, 0.5) is 60.5 Å². The molecule has 28 heteroatoms. The minimum atomic E-state index is -1.63. The molecule has 136 heavy (non-hydrogen) atoms. The van der Waals surface area contributed by atoms with E-state index in [1.807, 2.05) is 225 Å². The summed E-state index contributed by atoms with van der Waals surface area (Å²) in [6, 6.07) is 79.6. The molecule has 0 spiro atoms. The number of halogens is 6. The Morgan fingerprint density at radius 2 is 0.603 bits per heavy atom. The molecule has 0 aliphatic rings. The van der Waals surface area contributed by atoms with Crippen LogP contribution in [0.1, 0.15) is 96.8 Å². The molecule has 15 aromatic rings. The van der Waals surface area contributed by atoms with E-state index in [9.17, 15) is 28.0 Å². The highest BCUT2D eigenvalue weighted by Crippen LogP contribution is 2.45. The van der Waals surface area contributed by atoms with Gasteiger partial charge in [0.1, 0.15) is 125 Å². The van der Waals surface area contributed by atoms with Crippen LogP contribution in [-0.4, -0.2) is 110 Å². The summed E-state index contributed by atoms with van der Waals surface area (Å²) < 4.78 is 156. The summed E-state index contributed by atoms with van der Waals surface area (Å²) in [5.41, 5.74) is 2.51. The Balaban J connectivity index is 0.973. The first-order valence-corrected chi connectivity index (χ1v) is 44.5. The summed E-state index contributed by atoms with van der Waals surface area (Å²) in [6.07, 6.45) is 0. The summed E-state index contributed by atoms with van der Waals surface area (Å²) in [5, 5.41) is 22.3. The molecule has 0 saturated heterocycles. The number of fused-ring (bicyclic) bond motifs is 2. The molecule has 0 bridgehead atoms. The van der Waals surface area contributed by atoms with Gasteiger partial charge >= 0.3 is 23.9 Å². The molecule has 22 nitrogen and oxygen atoms in total. The number of carbonyl (C=O) groups excluding carboxylic acids is 4. The molecular formula is C108H100F6N8O14. The van der Waals surface area contributed by atoms with Crippen molar-refractivity contribution in [3.8, 4) is 56.8 Å². The zero-order valence-corrected chi connectivity index (χ0v) is 76.1. The third-order valence-corrected chi connectivity index (χ3v) is 21.8. The molecule has 0 aliphatic carbocycles. The molecule has 0 saturated carbocycles. The zero-order chi connectivity index (χ0) is 95.6. The van der Waals surface area contributed by atoms with Crippen molar-refractivity contribution >= 4 is 80.1 Å². The van der Waals surface area contributed by atoms with Crippen molar-refractivity contribution in [2.45, 2.75) is 68.5 Å². The molecule has 0 amide bonds. The fraction of sp³-hybridized carbons (Fsp3) is 0.241. The van der Waals surface area contributed by atoms with Gasteiger partial charge in [-0.05, 0) is 229 Å². The Morgan fingerprint density at radius 1 is 0.331 bits per heavy atom. The van der Waals surface area contributed by atoms with E-state index in [-0.39, 0.29) is 133 Å². The third-order valence-electron chi connectivity index (χ3n) is 21.8. The van der Waals surface area contributed by atoms with Gasteiger partial charge in [-0.2, -0.15) is 30.0 Å². The normalized spacial score (nSPS) is 11.6. The van der Waals surface area contributed by atoms with Gasteiger partial charge in [-0.3, -0.25) is 0 Å². The van der Waals surface area contributed by atoms with E-state index < -0.39 is 118 Å². The Labute approximate surface area is 782 Å². The number of ether oxygens (including phenoxy) is 10. The summed E-state index contributed by atoms with van der Waals surface area (Å²) in [5.74, 6) is -8.56. The second-order valence-corrected chi connectivity index (χ2v) is 34.9. The lowest BCUT2D eigenvalue weighted by molar-refractivity contribution is -0.814. The van der Waals surface area contributed by atoms with Gasteiger partial charge in [0, 0.05) is 56.3 Å². The van der Waals surface area contributed by atoms with E-state index in [2.05, 4.69) is 9.80 Å². The maximum absolute atomic E-state index is 16.0. The van der Waals surface area contributed by atoms with Crippen LogP contribution in [0.2, 0.25) is 0 Å². The monoisotopic (exact) mass is 1850 g/mol. The molecule has 2 heterocycles. The van der Waals surface area contributed by atoms with Crippen LogP contribution in [0.25, 0.3) is 44.3 Å². The summed E-state index contributed by atoms with van der Waals surface area (Å²) in [4.78, 5) is 61.9. The van der Waals surface area contributed by atoms with Crippen molar-refractivity contribution in [1.29, 1.82) is 0 Å². The Morgan fingerprint density at radius 3 is 0.912 bits per heavy atom.